The zero-order valence-electron chi connectivity index (χ0n) is 12.8. The van der Waals surface area contributed by atoms with Crippen molar-refractivity contribution >= 4 is 17.5 Å². The van der Waals surface area contributed by atoms with Gasteiger partial charge >= 0.3 is 5.97 Å². The van der Waals surface area contributed by atoms with Gasteiger partial charge in [-0.05, 0) is 11.8 Å². The fraction of sp³-hybridized carbons (Fsp3) is 0.389. The molecule has 3 rings (SSSR count). The summed E-state index contributed by atoms with van der Waals surface area (Å²) < 4.78 is 4.96. The lowest BCUT2D eigenvalue weighted by atomic mass is 9.52. The molecule has 0 aromatic heterocycles. The molecule has 1 aromatic rings. The number of esters is 1. The van der Waals surface area contributed by atoms with E-state index in [0.717, 1.165) is 0 Å². The number of Topliss-reactive ketones (excluding diaryl/α,β-unsaturated/α-hetero) is 2. The highest BCUT2D eigenvalue weighted by Gasteiger charge is 2.64. The first-order valence-corrected chi connectivity index (χ1v) is 7.41. The zero-order valence-corrected chi connectivity index (χ0v) is 12.8. The van der Waals surface area contributed by atoms with Crippen molar-refractivity contribution in [1.82, 2.24) is 0 Å². The van der Waals surface area contributed by atoms with Gasteiger partial charge in [0.25, 0.3) is 0 Å². The SMILES string of the molecule is COC(=O)[C@]12C(=O)c3ccccc3C(=O)[C@H]1[C@@H](C)C=C[C@H]2C. The molecule has 2 aliphatic carbocycles. The van der Waals surface area contributed by atoms with Gasteiger partial charge in [-0.2, -0.15) is 0 Å². The highest BCUT2D eigenvalue weighted by atomic mass is 16.5. The molecule has 22 heavy (non-hydrogen) atoms. The predicted octanol–water partition coefficient (Wildman–Crippen LogP) is 2.68. The third-order valence-corrected chi connectivity index (χ3v) is 5.06. The van der Waals surface area contributed by atoms with Crippen LogP contribution in [0, 0.1) is 23.2 Å². The lowest BCUT2D eigenvalue weighted by molar-refractivity contribution is -0.155. The molecule has 1 aromatic carbocycles. The second kappa shape index (κ2) is 4.90. The first-order valence-electron chi connectivity index (χ1n) is 7.41. The Kier molecular flexibility index (Phi) is 3.28. The molecule has 0 fully saturated rings. The molecule has 0 aliphatic heterocycles. The van der Waals surface area contributed by atoms with E-state index in [1.54, 1.807) is 31.2 Å². The van der Waals surface area contributed by atoms with Crippen LogP contribution in [0.1, 0.15) is 34.6 Å². The molecule has 0 N–H and O–H groups in total. The summed E-state index contributed by atoms with van der Waals surface area (Å²) in [4.78, 5) is 38.8. The minimum Gasteiger partial charge on any atom is -0.468 e. The van der Waals surface area contributed by atoms with E-state index in [1.165, 1.54) is 7.11 Å². The first kappa shape index (κ1) is 14.7. The summed E-state index contributed by atoms with van der Waals surface area (Å²) in [6.07, 6.45) is 3.76. The first-order chi connectivity index (χ1) is 10.5. The van der Waals surface area contributed by atoms with E-state index in [4.69, 9.17) is 4.74 Å². The van der Waals surface area contributed by atoms with Crippen molar-refractivity contribution < 1.29 is 19.1 Å². The van der Waals surface area contributed by atoms with E-state index in [-0.39, 0.29) is 23.4 Å². The third-order valence-electron chi connectivity index (χ3n) is 5.06. The Hall–Kier alpha value is -2.23. The zero-order chi connectivity index (χ0) is 16.1. The van der Waals surface area contributed by atoms with E-state index >= 15 is 0 Å². The molecule has 0 heterocycles. The summed E-state index contributed by atoms with van der Waals surface area (Å²) in [6.45, 7) is 3.66. The van der Waals surface area contributed by atoms with Crippen LogP contribution in [0.3, 0.4) is 0 Å². The molecule has 0 saturated carbocycles. The van der Waals surface area contributed by atoms with Crippen molar-refractivity contribution in [2.75, 3.05) is 7.11 Å². The van der Waals surface area contributed by atoms with Crippen LogP contribution in [0.4, 0.5) is 0 Å². The van der Waals surface area contributed by atoms with Gasteiger partial charge in [-0.15, -0.1) is 0 Å². The van der Waals surface area contributed by atoms with Crippen molar-refractivity contribution in [3.8, 4) is 0 Å². The van der Waals surface area contributed by atoms with Gasteiger partial charge in [0.15, 0.2) is 11.6 Å². The monoisotopic (exact) mass is 298 g/mol. The summed E-state index contributed by atoms with van der Waals surface area (Å²) in [5.74, 6) is -2.35. The standard InChI is InChI=1S/C18H18O4/c1-10-8-9-11(2)18(17(21)22-3)14(10)15(19)12-6-4-5-7-13(12)16(18)20/h4-11,14H,1-3H3/t10-,11+,14+,18-/m0/s1. The highest BCUT2D eigenvalue weighted by molar-refractivity contribution is 6.25. The molecule has 0 bridgehead atoms. The lowest BCUT2D eigenvalue weighted by Gasteiger charge is -2.47. The van der Waals surface area contributed by atoms with E-state index < -0.39 is 17.3 Å². The van der Waals surface area contributed by atoms with Crippen LogP contribution in [0.5, 0.6) is 0 Å². The summed E-state index contributed by atoms with van der Waals surface area (Å²) in [7, 11) is 1.27. The molecule has 4 nitrogen and oxygen atoms in total. The summed E-state index contributed by atoms with van der Waals surface area (Å²) in [5.41, 5.74) is -0.719. The average molecular weight is 298 g/mol. The molecule has 0 spiro atoms. The molecule has 4 atom stereocenters. The van der Waals surface area contributed by atoms with Crippen LogP contribution in [-0.4, -0.2) is 24.6 Å². The summed E-state index contributed by atoms with van der Waals surface area (Å²) >= 11 is 0. The molecule has 0 radical (unpaired) electrons. The van der Waals surface area contributed by atoms with E-state index in [1.807, 2.05) is 19.1 Å². The quantitative estimate of drug-likeness (QED) is 0.454. The lowest BCUT2D eigenvalue weighted by Crippen LogP contribution is -2.59. The topological polar surface area (TPSA) is 60.4 Å². The van der Waals surface area contributed by atoms with E-state index in [2.05, 4.69) is 0 Å². The van der Waals surface area contributed by atoms with Crippen LogP contribution in [-0.2, 0) is 9.53 Å². The second-order valence-electron chi connectivity index (χ2n) is 6.11. The number of carbonyl (C=O) groups excluding carboxylic acids is 3. The predicted molar refractivity (Wildman–Crippen MR) is 80.5 cm³/mol. The molecule has 4 heteroatoms. The van der Waals surface area contributed by atoms with Gasteiger partial charge in [-0.1, -0.05) is 50.3 Å². The fourth-order valence-corrected chi connectivity index (χ4v) is 3.96. The average Bonchev–Trinajstić information content (AvgIpc) is 2.54. The van der Waals surface area contributed by atoms with Gasteiger partial charge in [0.2, 0.25) is 0 Å². The third kappa shape index (κ3) is 1.61. The van der Waals surface area contributed by atoms with E-state index in [9.17, 15) is 14.4 Å². The largest absolute Gasteiger partial charge is 0.468 e. The Balaban J connectivity index is 2.34. The summed E-state index contributed by atoms with van der Waals surface area (Å²) in [6, 6.07) is 6.72. The van der Waals surface area contributed by atoms with Crippen molar-refractivity contribution in [2.45, 2.75) is 13.8 Å². The maximum Gasteiger partial charge on any atom is 0.321 e. The van der Waals surface area contributed by atoms with Crippen LogP contribution in [0.25, 0.3) is 0 Å². The summed E-state index contributed by atoms with van der Waals surface area (Å²) in [5, 5.41) is 0. The van der Waals surface area contributed by atoms with Crippen molar-refractivity contribution in [3.63, 3.8) is 0 Å². The molecule has 0 unspecified atom stereocenters. The number of allylic oxidation sites excluding steroid dienone is 2. The molecule has 2 aliphatic rings. The van der Waals surface area contributed by atoms with Crippen LogP contribution in [0.15, 0.2) is 36.4 Å². The number of ether oxygens (including phenoxy) is 1. The van der Waals surface area contributed by atoms with Gasteiger partial charge < -0.3 is 4.74 Å². The molecular weight excluding hydrogens is 280 g/mol. The van der Waals surface area contributed by atoms with Gasteiger partial charge in [0.1, 0.15) is 5.41 Å². The number of methoxy groups -OCH3 is 1. The number of carbonyl (C=O) groups is 3. The Morgan fingerprint density at radius 1 is 1.09 bits per heavy atom. The van der Waals surface area contributed by atoms with Gasteiger partial charge in [0, 0.05) is 11.1 Å². The number of hydrogen-bond acceptors (Lipinski definition) is 4. The number of fused-ring (bicyclic) bond motifs is 2. The molecule has 0 amide bonds. The Morgan fingerprint density at radius 3 is 2.36 bits per heavy atom. The maximum absolute atomic E-state index is 13.2. The number of rotatable bonds is 1. The Morgan fingerprint density at radius 2 is 1.73 bits per heavy atom. The normalized spacial score (nSPS) is 33.1. The Labute approximate surface area is 129 Å². The van der Waals surface area contributed by atoms with Gasteiger partial charge in [-0.3, -0.25) is 14.4 Å². The van der Waals surface area contributed by atoms with E-state index in [0.29, 0.717) is 11.1 Å². The fourth-order valence-electron chi connectivity index (χ4n) is 3.96. The minimum absolute atomic E-state index is 0.149. The maximum atomic E-state index is 13.2. The van der Waals surface area contributed by atoms with Crippen LogP contribution >= 0.6 is 0 Å². The molecule has 0 saturated heterocycles. The second-order valence-corrected chi connectivity index (χ2v) is 6.11. The van der Waals surface area contributed by atoms with Crippen LogP contribution in [0.2, 0.25) is 0 Å². The number of benzene rings is 1. The van der Waals surface area contributed by atoms with Gasteiger partial charge in [0.05, 0.1) is 13.0 Å². The van der Waals surface area contributed by atoms with Crippen molar-refractivity contribution in [1.29, 1.82) is 0 Å². The molecule has 114 valence electrons. The Bertz CT molecular complexity index is 703. The number of ketones is 2. The molecular formula is C18H18O4. The number of hydrogen-bond donors (Lipinski definition) is 0. The minimum atomic E-state index is -1.45. The van der Waals surface area contributed by atoms with Gasteiger partial charge in [-0.25, -0.2) is 0 Å². The highest BCUT2D eigenvalue weighted by Crippen LogP contribution is 2.52. The van der Waals surface area contributed by atoms with Crippen LogP contribution < -0.4 is 0 Å². The van der Waals surface area contributed by atoms with Crippen molar-refractivity contribution in [3.05, 3.63) is 47.5 Å². The van der Waals surface area contributed by atoms with Crippen molar-refractivity contribution in [2.24, 2.45) is 23.2 Å². The smallest absolute Gasteiger partial charge is 0.321 e.